The van der Waals surface area contributed by atoms with E-state index in [0.717, 1.165) is 53.0 Å². The fourth-order valence-corrected chi connectivity index (χ4v) is 5.31. The van der Waals surface area contributed by atoms with Gasteiger partial charge in [-0.15, -0.1) is 0 Å². The van der Waals surface area contributed by atoms with Crippen LogP contribution < -0.4 is 10.1 Å². The molecule has 2 aliphatic rings. The van der Waals surface area contributed by atoms with Gasteiger partial charge in [0.25, 0.3) is 6.01 Å². The number of imidazole rings is 1. The van der Waals surface area contributed by atoms with Crippen LogP contribution in [-0.4, -0.2) is 71.4 Å². The Kier molecular flexibility index (Phi) is 7.34. The van der Waals surface area contributed by atoms with Gasteiger partial charge in [0.1, 0.15) is 12.2 Å². The second-order valence-corrected chi connectivity index (χ2v) is 10.2. The minimum absolute atomic E-state index is 0.103. The number of aromatic nitrogens is 2. The molecular weight excluding hydrogens is 506 g/mol. The van der Waals surface area contributed by atoms with E-state index in [2.05, 4.69) is 63.8 Å². The van der Waals surface area contributed by atoms with Crippen molar-refractivity contribution in [2.45, 2.75) is 30.8 Å². The van der Waals surface area contributed by atoms with E-state index in [4.69, 9.17) is 25.8 Å². The zero-order valence-corrected chi connectivity index (χ0v) is 21.5. The van der Waals surface area contributed by atoms with Gasteiger partial charge >= 0.3 is 0 Å². The number of nitrogens with zero attached hydrogens (tertiary/aromatic N) is 1. The topological polar surface area (TPSA) is 109 Å². The van der Waals surface area contributed by atoms with Gasteiger partial charge < -0.3 is 34.7 Å². The van der Waals surface area contributed by atoms with Crippen LogP contribution in [0.4, 0.5) is 0 Å². The average molecular weight is 536 g/mol. The molecule has 198 valence electrons. The van der Waals surface area contributed by atoms with Gasteiger partial charge in [0.2, 0.25) is 0 Å². The fraction of sp³-hybridized carbons (Fsp3) is 0.345. The molecule has 3 aromatic carbocycles. The second-order valence-electron chi connectivity index (χ2n) is 9.75. The predicted molar refractivity (Wildman–Crippen MR) is 145 cm³/mol. The fourth-order valence-electron chi connectivity index (χ4n) is 5.04. The number of aliphatic hydroxyl groups is 2. The number of halogens is 1. The van der Waals surface area contributed by atoms with E-state index >= 15 is 0 Å². The summed E-state index contributed by atoms with van der Waals surface area (Å²) >= 11 is 6.66. The van der Waals surface area contributed by atoms with E-state index in [1.807, 2.05) is 12.1 Å². The van der Waals surface area contributed by atoms with Gasteiger partial charge in [-0.2, -0.15) is 4.98 Å². The number of H-pyrrole nitrogens is 1. The summed E-state index contributed by atoms with van der Waals surface area (Å²) in [6.45, 7) is 2.53. The van der Waals surface area contributed by atoms with Crippen molar-refractivity contribution in [2.75, 3.05) is 32.9 Å². The number of benzene rings is 3. The molecule has 0 radical (unpaired) electrons. The molecule has 8 nitrogen and oxygen atoms in total. The summed E-state index contributed by atoms with van der Waals surface area (Å²) in [6, 6.07) is 21.0. The van der Waals surface area contributed by atoms with Crippen molar-refractivity contribution in [1.82, 2.24) is 15.3 Å². The summed E-state index contributed by atoms with van der Waals surface area (Å²) in [6.07, 6.45) is -1.27. The van der Waals surface area contributed by atoms with Gasteiger partial charge in [-0.25, -0.2) is 0 Å². The van der Waals surface area contributed by atoms with Gasteiger partial charge in [-0.3, -0.25) is 0 Å². The summed E-state index contributed by atoms with van der Waals surface area (Å²) < 4.78 is 17.2. The van der Waals surface area contributed by atoms with Gasteiger partial charge in [-0.05, 0) is 34.4 Å². The molecule has 0 bridgehead atoms. The maximum Gasteiger partial charge on any atom is 0.294 e. The molecule has 9 heteroatoms. The zero-order chi connectivity index (χ0) is 26.1. The third kappa shape index (κ3) is 5.29. The van der Waals surface area contributed by atoms with Crippen molar-refractivity contribution >= 4 is 22.6 Å². The van der Waals surface area contributed by atoms with Crippen LogP contribution in [0.5, 0.6) is 6.01 Å². The van der Waals surface area contributed by atoms with Crippen LogP contribution in [0, 0.1) is 0 Å². The smallest absolute Gasteiger partial charge is 0.294 e. The van der Waals surface area contributed by atoms with Crippen LogP contribution in [0.25, 0.3) is 33.3 Å². The van der Waals surface area contributed by atoms with Crippen molar-refractivity contribution in [1.29, 1.82) is 0 Å². The molecule has 0 saturated carbocycles. The van der Waals surface area contributed by atoms with E-state index in [1.165, 1.54) is 5.56 Å². The summed E-state index contributed by atoms with van der Waals surface area (Å²) in [7, 11) is 0. The first-order valence-electron chi connectivity index (χ1n) is 12.9. The Labute approximate surface area is 225 Å². The molecule has 6 rings (SSSR count). The van der Waals surface area contributed by atoms with Crippen LogP contribution >= 0.6 is 11.6 Å². The highest BCUT2D eigenvalue weighted by atomic mass is 35.5. The summed E-state index contributed by atoms with van der Waals surface area (Å²) in [5, 5.41) is 23.3. The lowest BCUT2D eigenvalue weighted by molar-refractivity contribution is -0.131. The molecule has 4 atom stereocenters. The third-order valence-electron chi connectivity index (χ3n) is 7.18. The molecule has 2 fully saturated rings. The number of hydrogen-bond donors (Lipinski definition) is 4. The van der Waals surface area contributed by atoms with Crippen LogP contribution in [-0.2, 0) is 9.47 Å². The number of fused-ring (bicyclic) bond motifs is 1. The lowest BCUT2D eigenvalue weighted by atomic mass is 9.98. The number of nitrogens with one attached hydrogen (secondary N) is 2. The Balaban J connectivity index is 1.17. The van der Waals surface area contributed by atoms with Crippen molar-refractivity contribution in [3.63, 3.8) is 0 Å². The van der Waals surface area contributed by atoms with Crippen molar-refractivity contribution in [2.24, 2.45) is 0 Å². The van der Waals surface area contributed by atoms with E-state index < -0.39 is 12.2 Å². The van der Waals surface area contributed by atoms with Crippen molar-refractivity contribution < 1.29 is 24.4 Å². The molecule has 3 heterocycles. The molecule has 4 N–H and O–H groups in total. The highest BCUT2D eigenvalue weighted by molar-refractivity contribution is 6.34. The summed E-state index contributed by atoms with van der Waals surface area (Å²) in [5.41, 5.74) is 6.79. The molecule has 0 amide bonds. The Morgan fingerprint density at radius 1 is 1.00 bits per heavy atom. The van der Waals surface area contributed by atoms with Crippen LogP contribution in [0.1, 0.15) is 18.1 Å². The summed E-state index contributed by atoms with van der Waals surface area (Å²) in [5.74, 6) is 0. The predicted octanol–water partition coefficient (Wildman–Crippen LogP) is 4.10. The highest BCUT2D eigenvalue weighted by Crippen LogP contribution is 2.34. The normalized spacial score (nSPS) is 24.0. The van der Waals surface area contributed by atoms with Crippen molar-refractivity contribution in [3.8, 4) is 28.3 Å². The Hall–Kier alpha value is -2.98. The molecule has 4 unspecified atom stereocenters. The number of aromatic amines is 1. The number of ether oxygens (including phenoxy) is 3. The summed E-state index contributed by atoms with van der Waals surface area (Å²) in [4.78, 5) is 7.72. The van der Waals surface area contributed by atoms with Crippen molar-refractivity contribution in [3.05, 3.63) is 71.2 Å². The first kappa shape index (κ1) is 25.3. The molecule has 1 aromatic heterocycles. The maximum atomic E-state index is 10.1. The average Bonchev–Trinajstić information content (AvgIpc) is 3.34. The lowest BCUT2D eigenvalue weighted by Crippen LogP contribution is -2.45. The first-order chi connectivity index (χ1) is 18.6. The van der Waals surface area contributed by atoms with Crippen LogP contribution in [0.15, 0.2) is 60.7 Å². The molecule has 0 aliphatic carbocycles. The Bertz CT molecular complexity index is 1390. The standard InChI is InChI=1S/C29H30ClN3O5/c30-23-13-25-24(32-29(33-25)38-21-11-26(35)28(15-34)37-16-21)12-22(23)19-5-1-17(2-6-19)18-3-7-20(8-4-18)27-14-31-9-10-36-27/h1-8,12-13,21,26-28,31,34-35H,9-11,14-16H2,(H,32,33). The number of rotatable bonds is 6. The third-order valence-corrected chi connectivity index (χ3v) is 7.49. The van der Waals surface area contributed by atoms with Gasteiger partial charge in [0.15, 0.2) is 0 Å². The van der Waals surface area contributed by atoms with Crippen LogP contribution in [0.3, 0.4) is 0 Å². The largest absolute Gasteiger partial charge is 0.459 e. The van der Waals surface area contributed by atoms with Gasteiger partial charge in [0, 0.05) is 25.1 Å². The molecule has 38 heavy (non-hydrogen) atoms. The van der Waals surface area contributed by atoms with E-state index in [1.54, 1.807) is 0 Å². The van der Waals surface area contributed by atoms with Gasteiger partial charge in [0.05, 0.1) is 48.1 Å². The molecule has 0 spiro atoms. The number of morpholine rings is 1. The quantitative estimate of drug-likeness (QED) is 0.294. The minimum Gasteiger partial charge on any atom is -0.459 e. The lowest BCUT2D eigenvalue weighted by Gasteiger charge is -2.31. The maximum absolute atomic E-state index is 10.1. The molecule has 2 aliphatic heterocycles. The van der Waals surface area contributed by atoms with Gasteiger partial charge in [-0.1, -0.05) is 60.1 Å². The molecule has 2 saturated heterocycles. The highest BCUT2D eigenvalue weighted by Gasteiger charge is 2.31. The SMILES string of the molecule is OCC1OCC(Oc2nc3cc(-c4ccc(-c5ccc(C6CNCCO6)cc5)cc4)c(Cl)cc3[nH]2)CC1O. The minimum atomic E-state index is -0.784. The van der Waals surface area contributed by atoms with E-state index in [0.29, 0.717) is 17.5 Å². The molecular formula is C29H30ClN3O5. The Morgan fingerprint density at radius 2 is 1.74 bits per heavy atom. The number of aliphatic hydroxyl groups excluding tert-OH is 2. The monoisotopic (exact) mass is 535 g/mol. The zero-order valence-electron chi connectivity index (χ0n) is 20.8. The van der Waals surface area contributed by atoms with E-state index in [-0.39, 0.29) is 25.4 Å². The first-order valence-corrected chi connectivity index (χ1v) is 13.2. The Morgan fingerprint density at radius 3 is 2.42 bits per heavy atom. The van der Waals surface area contributed by atoms with E-state index in [9.17, 15) is 10.2 Å². The molecule has 4 aromatic rings. The van der Waals surface area contributed by atoms with Crippen LogP contribution in [0.2, 0.25) is 5.02 Å². The number of hydrogen-bond acceptors (Lipinski definition) is 7. The second kappa shape index (κ2) is 11.0.